The summed E-state index contributed by atoms with van der Waals surface area (Å²) in [7, 11) is 0. The Bertz CT molecular complexity index is 416. The first kappa shape index (κ1) is 15.5. The molecule has 1 rings (SSSR count). The van der Waals surface area contributed by atoms with Crippen LogP contribution in [0.3, 0.4) is 0 Å². The van der Waals surface area contributed by atoms with Gasteiger partial charge >= 0.3 is 0 Å². The van der Waals surface area contributed by atoms with E-state index in [4.69, 9.17) is 10.6 Å². The van der Waals surface area contributed by atoms with Gasteiger partial charge in [-0.2, -0.15) is 0 Å². The number of carbonyl (C=O) groups excluding carboxylic acids is 1. The second kappa shape index (κ2) is 6.57. The fraction of sp³-hybridized carbons (Fsp3) is 0.533. The molecule has 0 heterocycles. The van der Waals surface area contributed by atoms with E-state index in [0.717, 1.165) is 16.9 Å². The molecule has 1 aromatic carbocycles. The minimum atomic E-state index is -0.609. The minimum Gasteiger partial charge on any atom is -0.480 e. The molecular weight excluding hydrogens is 240 g/mol. The second-order valence-electron chi connectivity index (χ2n) is 5.34. The third-order valence-electron chi connectivity index (χ3n) is 3.13. The Morgan fingerprint density at radius 2 is 1.58 bits per heavy atom. The van der Waals surface area contributed by atoms with Gasteiger partial charge in [-0.3, -0.25) is 10.2 Å². The zero-order chi connectivity index (χ0) is 14.6. The lowest BCUT2D eigenvalue weighted by Gasteiger charge is -2.22. The van der Waals surface area contributed by atoms with Crippen LogP contribution in [0.15, 0.2) is 18.2 Å². The van der Waals surface area contributed by atoms with E-state index in [1.807, 2.05) is 18.2 Å². The maximum absolute atomic E-state index is 11.5. The number of nitrogens with two attached hydrogens (primary N) is 1. The molecule has 1 unspecified atom stereocenters. The van der Waals surface area contributed by atoms with Crippen molar-refractivity contribution in [2.24, 2.45) is 5.84 Å². The molecule has 0 bridgehead atoms. The Morgan fingerprint density at radius 1 is 1.11 bits per heavy atom. The summed E-state index contributed by atoms with van der Waals surface area (Å²) in [5.74, 6) is 6.30. The average Bonchev–Trinajstić information content (AvgIpc) is 2.37. The van der Waals surface area contributed by atoms with E-state index in [-0.39, 0.29) is 5.91 Å². The number of hydrazine groups is 1. The molecule has 1 atom stereocenters. The molecule has 1 amide bonds. The number of para-hydroxylation sites is 1. The van der Waals surface area contributed by atoms with Crippen molar-refractivity contribution < 1.29 is 9.53 Å². The molecule has 0 aliphatic heterocycles. The predicted molar refractivity (Wildman–Crippen MR) is 77.0 cm³/mol. The third kappa shape index (κ3) is 3.70. The van der Waals surface area contributed by atoms with Crippen LogP contribution in [0.5, 0.6) is 5.75 Å². The highest BCUT2D eigenvalue weighted by Crippen LogP contribution is 2.35. The fourth-order valence-electron chi connectivity index (χ4n) is 1.97. The highest BCUT2D eigenvalue weighted by atomic mass is 16.5. The molecular formula is C15H24N2O2. The number of benzene rings is 1. The number of ether oxygens (including phenoxy) is 1. The number of nitrogens with one attached hydrogen (secondary N) is 1. The largest absolute Gasteiger partial charge is 0.480 e. The van der Waals surface area contributed by atoms with Crippen molar-refractivity contribution in [3.05, 3.63) is 29.3 Å². The molecule has 106 valence electrons. The Kier molecular flexibility index (Phi) is 5.36. The number of hydrogen-bond acceptors (Lipinski definition) is 3. The van der Waals surface area contributed by atoms with Crippen molar-refractivity contribution in [1.82, 2.24) is 5.43 Å². The lowest BCUT2D eigenvalue weighted by atomic mass is 9.94. The molecule has 4 heteroatoms. The van der Waals surface area contributed by atoms with Crippen molar-refractivity contribution in [3.8, 4) is 5.75 Å². The van der Waals surface area contributed by atoms with E-state index in [9.17, 15) is 4.79 Å². The summed E-state index contributed by atoms with van der Waals surface area (Å²) in [5, 5.41) is 0. The summed E-state index contributed by atoms with van der Waals surface area (Å²) < 4.78 is 5.86. The van der Waals surface area contributed by atoms with Crippen LogP contribution in [0.2, 0.25) is 0 Å². The molecule has 0 spiro atoms. The average molecular weight is 264 g/mol. The number of hydrogen-bond donors (Lipinski definition) is 2. The first-order valence-electron chi connectivity index (χ1n) is 6.68. The number of rotatable bonds is 5. The van der Waals surface area contributed by atoms with Gasteiger partial charge in [0.25, 0.3) is 5.91 Å². The highest BCUT2D eigenvalue weighted by molar-refractivity contribution is 5.80. The Balaban J connectivity index is 3.18. The first-order chi connectivity index (χ1) is 8.88. The van der Waals surface area contributed by atoms with Crippen molar-refractivity contribution in [2.75, 3.05) is 0 Å². The summed E-state index contributed by atoms with van der Waals surface area (Å²) in [6.45, 7) is 10.1. The van der Waals surface area contributed by atoms with Gasteiger partial charge in [0.1, 0.15) is 5.75 Å². The molecule has 0 radical (unpaired) electrons. The fourth-order valence-corrected chi connectivity index (χ4v) is 1.97. The standard InChI is InChI=1S/C15H24N2O2/c1-9(2)12-7-6-8-13(10(3)4)14(12)19-11(5)15(18)17-16/h6-11H,16H2,1-5H3,(H,17,18). The van der Waals surface area contributed by atoms with Crippen molar-refractivity contribution >= 4 is 5.91 Å². The molecule has 3 N–H and O–H groups in total. The normalized spacial score (nSPS) is 12.6. The van der Waals surface area contributed by atoms with Gasteiger partial charge in [-0.25, -0.2) is 5.84 Å². The molecule has 0 aliphatic carbocycles. The van der Waals surface area contributed by atoms with Crippen molar-refractivity contribution in [2.45, 2.75) is 52.6 Å². The molecule has 0 saturated heterocycles. The summed E-state index contributed by atoms with van der Waals surface area (Å²) in [6, 6.07) is 6.11. The van der Waals surface area contributed by atoms with Crippen LogP contribution < -0.4 is 16.0 Å². The molecule has 1 aromatic rings. The molecule has 0 saturated carbocycles. The lowest BCUT2D eigenvalue weighted by Crippen LogP contribution is -2.40. The molecule has 0 aliphatic rings. The zero-order valence-electron chi connectivity index (χ0n) is 12.4. The van der Waals surface area contributed by atoms with Gasteiger partial charge in [-0.05, 0) is 29.9 Å². The number of carbonyl (C=O) groups is 1. The third-order valence-corrected chi connectivity index (χ3v) is 3.13. The summed E-state index contributed by atoms with van der Waals surface area (Å²) in [4.78, 5) is 11.5. The maximum Gasteiger partial charge on any atom is 0.274 e. The SMILES string of the molecule is CC(Oc1c(C(C)C)cccc1C(C)C)C(=O)NN. The Morgan fingerprint density at radius 3 is 1.95 bits per heavy atom. The van der Waals surface area contributed by atoms with Gasteiger partial charge in [-0.15, -0.1) is 0 Å². The van der Waals surface area contributed by atoms with Gasteiger partial charge in [0.2, 0.25) is 0 Å². The van der Waals surface area contributed by atoms with Gasteiger partial charge in [0.15, 0.2) is 6.10 Å². The molecule has 4 nitrogen and oxygen atoms in total. The van der Waals surface area contributed by atoms with Crippen molar-refractivity contribution in [1.29, 1.82) is 0 Å². The van der Waals surface area contributed by atoms with Crippen LogP contribution in [-0.2, 0) is 4.79 Å². The summed E-state index contributed by atoms with van der Waals surface area (Å²) in [5.41, 5.74) is 4.35. The van der Waals surface area contributed by atoms with Crippen LogP contribution in [-0.4, -0.2) is 12.0 Å². The van der Waals surface area contributed by atoms with Crippen LogP contribution >= 0.6 is 0 Å². The predicted octanol–water partition coefficient (Wildman–Crippen LogP) is 2.69. The topological polar surface area (TPSA) is 64.3 Å². The second-order valence-corrected chi connectivity index (χ2v) is 5.34. The van der Waals surface area contributed by atoms with E-state index in [1.165, 1.54) is 0 Å². The Labute approximate surface area is 115 Å². The van der Waals surface area contributed by atoms with Gasteiger partial charge in [-0.1, -0.05) is 45.9 Å². The maximum atomic E-state index is 11.5. The van der Waals surface area contributed by atoms with Crippen LogP contribution in [0.1, 0.15) is 57.6 Å². The van der Waals surface area contributed by atoms with Gasteiger partial charge < -0.3 is 4.74 Å². The molecule has 0 fully saturated rings. The van der Waals surface area contributed by atoms with Crippen LogP contribution in [0.25, 0.3) is 0 Å². The van der Waals surface area contributed by atoms with Crippen LogP contribution in [0.4, 0.5) is 0 Å². The molecule has 19 heavy (non-hydrogen) atoms. The van der Waals surface area contributed by atoms with Gasteiger partial charge in [0.05, 0.1) is 0 Å². The zero-order valence-corrected chi connectivity index (χ0v) is 12.4. The first-order valence-corrected chi connectivity index (χ1v) is 6.68. The quantitative estimate of drug-likeness (QED) is 0.488. The van der Waals surface area contributed by atoms with E-state index < -0.39 is 6.10 Å². The van der Waals surface area contributed by atoms with Crippen molar-refractivity contribution in [3.63, 3.8) is 0 Å². The summed E-state index contributed by atoms with van der Waals surface area (Å²) >= 11 is 0. The highest BCUT2D eigenvalue weighted by Gasteiger charge is 2.20. The van der Waals surface area contributed by atoms with E-state index in [0.29, 0.717) is 11.8 Å². The molecule has 0 aromatic heterocycles. The monoisotopic (exact) mass is 264 g/mol. The smallest absolute Gasteiger partial charge is 0.274 e. The van der Waals surface area contributed by atoms with E-state index >= 15 is 0 Å². The van der Waals surface area contributed by atoms with E-state index in [1.54, 1.807) is 6.92 Å². The summed E-state index contributed by atoms with van der Waals surface area (Å²) in [6.07, 6.45) is -0.609. The van der Waals surface area contributed by atoms with Gasteiger partial charge in [0, 0.05) is 0 Å². The van der Waals surface area contributed by atoms with E-state index in [2.05, 4.69) is 33.1 Å². The number of amides is 1. The minimum absolute atomic E-state index is 0.326. The van der Waals surface area contributed by atoms with Crippen LogP contribution in [0, 0.1) is 0 Å². The lowest BCUT2D eigenvalue weighted by molar-refractivity contribution is -0.127. The Hall–Kier alpha value is -1.55.